The molecule has 1 saturated heterocycles. The van der Waals surface area contributed by atoms with Gasteiger partial charge in [0.25, 0.3) is 5.91 Å². The molecule has 3 rings (SSSR count). The third kappa shape index (κ3) is 5.85. The quantitative estimate of drug-likeness (QED) is 0.754. The molecule has 0 bridgehead atoms. The molecule has 0 spiro atoms. The Kier molecular flexibility index (Phi) is 7.15. The van der Waals surface area contributed by atoms with Gasteiger partial charge in [-0.1, -0.05) is 26.0 Å². The van der Waals surface area contributed by atoms with Gasteiger partial charge in [0, 0.05) is 32.5 Å². The number of hydrazone groups is 1. The lowest BCUT2D eigenvalue weighted by Gasteiger charge is -2.26. The fourth-order valence-corrected chi connectivity index (χ4v) is 3.51. The van der Waals surface area contributed by atoms with Crippen LogP contribution in [0.2, 0.25) is 0 Å². The number of rotatable bonds is 6. The van der Waals surface area contributed by atoms with E-state index < -0.39 is 6.10 Å². The summed E-state index contributed by atoms with van der Waals surface area (Å²) in [5.41, 5.74) is 3.22. The maximum Gasteiger partial charge on any atom is 0.270 e. The summed E-state index contributed by atoms with van der Waals surface area (Å²) >= 11 is 0. The monoisotopic (exact) mass is 418 g/mol. The molecule has 3 amide bonds. The van der Waals surface area contributed by atoms with Gasteiger partial charge in [0.05, 0.1) is 12.7 Å². The first-order valence-corrected chi connectivity index (χ1v) is 10.1. The van der Waals surface area contributed by atoms with Crippen LogP contribution in [0.25, 0.3) is 0 Å². The number of amides is 3. The van der Waals surface area contributed by atoms with Gasteiger partial charge in [-0.2, -0.15) is 5.10 Å². The van der Waals surface area contributed by atoms with Crippen molar-refractivity contribution < 1.29 is 23.5 Å². The van der Waals surface area contributed by atoms with Crippen molar-refractivity contribution in [1.29, 1.82) is 0 Å². The van der Waals surface area contributed by atoms with E-state index in [1.54, 1.807) is 17.0 Å². The molecule has 2 heterocycles. The summed E-state index contributed by atoms with van der Waals surface area (Å²) in [5, 5.41) is 3.86. The highest BCUT2D eigenvalue weighted by molar-refractivity contribution is 6.39. The molecular weight excluding hydrogens is 391 g/mol. The fraction of sp³-hybridized carbons (Fsp3) is 0.524. The Labute approximate surface area is 175 Å². The third-order valence-electron chi connectivity index (χ3n) is 4.93. The van der Waals surface area contributed by atoms with E-state index in [2.05, 4.69) is 10.5 Å². The minimum absolute atomic E-state index is 0.0711. The Morgan fingerprint density at radius 3 is 2.77 bits per heavy atom. The number of hydrogen-bond donors (Lipinski definition) is 1. The first-order valence-electron chi connectivity index (χ1n) is 10.1. The van der Waals surface area contributed by atoms with Crippen molar-refractivity contribution in [2.45, 2.75) is 39.4 Å². The Balaban J connectivity index is 1.74. The van der Waals surface area contributed by atoms with Gasteiger partial charge in [0.2, 0.25) is 11.8 Å². The van der Waals surface area contributed by atoms with E-state index in [0.29, 0.717) is 18.7 Å². The normalized spacial score (nSPS) is 20.1. The van der Waals surface area contributed by atoms with Crippen LogP contribution in [0.1, 0.15) is 32.3 Å². The average Bonchev–Trinajstić information content (AvgIpc) is 2.85. The van der Waals surface area contributed by atoms with Gasteiger partial charge in [0.15, 0.2) is 0 Å². The van der Waals surface area contributed by atoms with Crippen LogP contribution < -0.4 is 5.43 Å². The summed E-state index contributed by atoms with van der Waals surface area (Å²) in [5.74, 6) is -0.859. The molecule has 162 valence electrons. The molecule has 0 unspecified atom stereocenters. The van der Waals surface area contributed by atoms with Crippen LogP contribution >= 0.6 is 0 Å². The number of benzene rings is 1. The molecule has 0 saturated carbocycles. The van der Waals surface area contributed by atoms with Crippen LogP contribution in [0.3, 0.4) is 0 Å². The Hall–Kier alpha value is -2.81. The average molecular weight is 418 g/mol. The lowest BCUT2D eigenvalue weighted by atomic mass is 10.1. The first kappa shape index (κ1) is 21.9. The maximum atomic E-state index is 13.5. The van der Waals surface area contributed by atoms with Crippen LogP contribution in [0.5, 0.6) is 0 Å². The van der Waals surface area contributed by atoms with Gasteiger partial charge in [-0.05, 0) is 23.6 Å². The second-order valence-electron chi connectivity index (χ2n) is 8.03. The fourth-order valence-electron chi connectivity index (χ4n) is 3.51. The van der Waals surface area contributed by atoms with Crippen LogP contribution in [0.15, 0.2) is 29.4 Å². The zero-order chi connectivity index (χ0) is 21.7. The van der Waals surface area contributed by atoms with E-state index >= 15 is 0 Å². The minimum atomic E-state index is -0.429. The van der Waals surface area contributed by atoms with Gasteiger partial charge in [-0.25, -0.2) is 9.82 Å². The second-order valence-corrected chi connectivity index (χ2v) is 8.03. The van der Waals surface area contributed by atoms with Crippen LogP contribution in [-0.2, 0) is 25.7 Å². The number of carbonyl (C=O) groups excluding carboxylic acids is 3. The van der Waals surface area contributed by atoms with E-state index in [-0.39, 0.29) is 67.7 Å². The summed E-state index contributed by atoms with van der Waals surface area (Å²) in [6, 6.07) is 6.14. The number of nitrogens with one attached hydrogen (secondary N) is 1. The number of carbonyl (C=O) groups is 3. The first-order chi connectivity index (χ1) is 14.3. The summed E-state index contributed by atoms with van der Waals surface area (Å²) in [6.07, 6.45) is -0.00760. The molecule has 30 heavy (non-hydrogen) atoms. The highest BCUT2D eigenvalue weighted by Crippen LogP contribution is 2.15. The van der Waals surface area contributed by atoms with Crippen LogP contribution in [-0.4, -0.2) is 65.5 Å². The van der Waals surface area contributed by atoms with E-state index in [1.807, 2.05) is 13.8 Å². The molecule has 1 N–H and O–H groups in total. The van der Waals surface area contributed by atoms with E-state index in [9.17, 15) is 18.8 Å². The van der Waals surface area contributed by atoms with E-state index in [0.717, 1.165) is 0 Å². The lowest BCUT2D eigenvalue weighted by molar-refractivity contribution is -0.136. The zero-order valence-electron chi connectivity index (χ0n) is 17.3. The van der Waals surface area contributed by atoms with Crippen molar-refractivity contribution in [3.05, 3.63) is 35.6 Å². The lowest BCUT2D eigenvalue weighted by Crippen LogP contribution is -2.45. The van der Waals surface area contributed by atoms with Gasteiger partial charge >= 0.3 is 0 Å². The van der Waals surface area contributed by atoms with E-state index in [1.165, 1.54) is 17.0 Å². The number of halogens is 1. The summed E-state index contributed by atoms with van der Waals surface area (Å²) in [6.45, 7) is 5.24. The molecule has 0 aliphatic carbocycles. The van der Waals surface area contributed by atoms with Gasteiger partial charge in [0.1, 0.15) is 18.1 Å². The van der Waals surface area contributed by atoms with Crippen molar-refractivity contribution in [3.8, 4) is 0 Å². The molecule has 1 fully saturated rings. The van der Waals surface area contributed by atoms with Crippen LogP contribution in [0, 0.1) is 11.7 Å². The molecule has 0 aromatic heterocycles. The molecule has 0 radical (unpaired) electrons. The predicted molar refractivity (Wildman–Crippen MR) is 108 cm³/mol. The standard InChI is InChI=1S/C21H27FN4O4/c1-14(2)9-25-10-17(30-13-15-4-3-5-16(22)8-15)11-26(12-20(25)28)21(29)18-6-7-19(27)24-23-18/h3-5,8,14,17H,6-7,9-13H2,1-2H3,(H,24,27)/t17-/m1/s1. The van der Waals surface area contributed by atoms with Gasteiger partial charge in [-0.3, -0.25) is 14.4 Å². The number of nitrogens with zero attached hydrogens (tertiary/aromatic N) is 3. The van der Waals surface area contributed by atoms with E-state index in [4.69, 9.17) is 4.74 Å². The maximum absolute atomic E-state index is 13.5. The minimum Gasteiger partial charge on any atom is -0.370 e. The van der Waals surface area contributed by atoms with Crippen molar-refractivity contribution >= 4 is 23.4 Å². The Morgan fingerprint density at radius 1 is 1.30 bits per heavy atom. The van der Waals surface area contributed by atoms with Crippen molar-refractivity contribution in [1.82, 2.24) is 15.2 Å². The third-order valence-corrected chi connectivity index (χ3v) is 4.93. The highest BCUT2D eigenvalue weighted by Gasteiger charge is 2.33. The summed E-state index contributed by atoms with van der Waals surface area (Å²) in [4.78, 5) is 40.1. The molecule has 1 atom stereocenters. The predicted octanol–water partition coefficient (Wildman–Crippen LogP) is 1.30. The number of ether oxygens (including phenoxy) is 1. The second kappa shape index (κ2) is 9.80. The SMILES string of the molecule is CC(C)CN1C[C@@H](OCc2cccc(F)c2)CN(C(=O)C2=NNC(=O)CC2)CC1=O. The Morgan fingerprint density at radius 2 is 2.10 bits per heavy atom. The topological polar surface area (TPSA) is 91.3 Å². The largest absolute Gasteiger partial charge is 0.370 e. The van der Waals surface area contributed by atoms with Crippen LogP contribution in [0.4, 0.5) is 4.39 Å². The molecule has 2 aliphatic heterocycles. The van der Waals surface area contributed by atoms with Crippen molar-refractivity contribution in [2.24, 2.45) is 11.0 Å². The van der Waals surface area contributed by atoms with Gasteiger partial charge < -0.3 is 14.5 Å². The molecule has 1 aromatic carbocycles. The summed E-state index contributed by atoms with van der Waals surface area (Å²) in [7, 11) is 0. The molecule has 8 nitrogen and oxygen atoms in total. The summed E-state index contributed by atoms with van der Waals surface area (Å²) < 4.78 is 19.4. The zero-order valence-corrected chi connectivity index (χ0v) is 17.3. The number of hydrogen-bond acceptors (Lipinski definition) is 5. The molecule has 2 aliphatic rings. The smallest absolute Gasteiger partial charge is 0.270 e. The highest BCUT2D eigenvalue weighted by atomic mass is 19.1. The molecule has 9 heteroatoms. The Bertz CT molecular complexity index is 842. The van der Waals surface area contributed by atoms with Crippen molar-refractivity contribution in [3.63, 3.8) is 0 Å². The van der Waals surface area contributed by atoms with Gasteiger partial charge in [-0.15, -0.1) is 0 Å². The molecule has 1 aromatic rings. The molecular formula is C21H27FN4O4. The van der Waals surface area contributed by atoms with Crippen molar-refractivity contribution in [2.75, 3.05) is 26.2 Å².